The summed E-state index contributed by atoms with van der Waals surface area (Å²) in [4.78, 5) is 0. The Morgan fingerprint density at radius 2 is 1.89 bits per heavy atom. The highest BCUT2D eigenvalue weighted by molar-refractivity contribution is 8.03. The molecule has 1 aliphatic carbocycles. The lowest BCUT2D eigenvalue weighted by molar-refractivity contribution is 0.451. The molecule has 1 saturated carbocycles. The van der Waals surface area contributed by atoms with Gasteiger partial charge in [-0.15, -0.1) is 11.8 Å². The topological polar surface area (TPSA) is 85.6 Å². The normalized spacial score (nSPS) is 21.2. The molecule has 19 heavy (non-hydrogen) atoms. The Balaban J connectivity index is 2.49. The molecule has 1 spiro atoms. The van der Waals surface area contributed by atoms with Crippen LogP contribution in [0, 0.1) is 28.1 Å². The van der Waals surface area contributed by atoms with Crippen molar-refractivity contribution in [3.63, 3.8) is 0 Å². The van der Waals surface area contributed by atoms with E-state index in [1.807, 2.05) is 0 Å². The summed E-state index contributed by atoms with van der Waals surface area (Å²) in [5.74, 6) is 1.38. The third-order valence-corrected chi connectivity index (χ3v) is 5.04. The zero-order valence-electron chi connectivity index (χ0n) is 11.1. The lowest BCUT2D eigenvalue weighted by atomic mass is 9.72. The highest BCUT2D eigenvalue weighted by Crippen LogP contribution is 2.53. The van der Waals surface area contributed by atoms with Gasteiger partial charge in [-0.05, 0) is 25.0 Å². The van der Waals surface area contributed by atoms with Gasteiger partial charge in [-0.25, -0.2) is 0 Å². The van der Waals surface area contributed by atoms with E-state index in [1.54, 1.807) is 11.8 Å². The number of nitriles is 2. The zero-order valence-corrected chi connectivity index (χ0v) is 11.9. The fourth-order valence-electron chi connectivity index (χ4n) is 2.96. The van der Waals surface area contributed by atoms with E-state index in [0.717, 1.165) is 42.9 Å². The Morgan fingerprint density at radius 3 is 2.42 bits per heavy atom. The van der Waals surface area contributed by atoms with Gasteiger partial charge in [0, 0.05) is 5.41 Å². The second-order valence-electron chi connectivity index (χ2n) is 4.98. The maximum atomic E-state index is 9.55. The number of allylic oxidation sites excluding steroid dienone is 2. The van der Waals surface area contributed by atoms with Crippen LogP contribution in [0.2, 0.25) is 0 Å². The molecule has 4 nitrogen and oxygen atoms in total. The largest absolute Gasteiger partial charge is 0.384 e. The third kappa shape index (κ3) is 2.19. The van der Waals surface area contributed by atoms with Crippen LogP contribution in [0.15, 0.2) is 22.0 Å². The van der Waals surface area contributed by atoms with E-state index in [9.17, 15) is 10.5 Å². The van der Waals surface area contributed by atoms with Crippen LogP contribution < -0.4 is 11.1 Å². The van der Waals surface area contributed by atoms with Crippen molar-refractivity contribution in [1.29, 1.82) is 10.5 Å². The van der Waals surface area contributed by atoms with Gasteiger partial charge < -0.3 is 11.1 Å². The minimum Gasteiger partial charge on any atom is -0.384 e. The zero-order chi connectivity index (χ0) is 13.9. The molecule has 1 fully saturated rings. The van der Waals surface area contributed by atoms with E-state index >= 15 is 0 Å². The lowest BCUT2D eigenvalue weighted by Gasteiger charge is -2.35. The van der Waals surface area contributed by atoms with Crippen molar-refractivity contribution in [2.24, 2.45) is 11.1 Å². The van der Waals surface area contributed by atoms with Crippen molar-refractivity contribution in [2.75, 3.05) is 5.75 Å². The predicted octanol–water partition coefficient (Wildman–Crippen LogP) is 2.72. The van der Waals surface area contributed by atoms with Gasteiger partial charge in [-0.1, -0.05) is 19.8 Å². The molecule has 2 aliphatic rings. The molecule has 3 N–H and O–H groups in total. The first-order valence-electron chi connectivity index (χ1n) is 6.64. The second kappa shape index (κ2) is 5.59. The molecule has 100 valence electrons. The van der Waals surface area contributed by atoms with Gasteiger partial charge in [-0.3, -0.25) is 0 Å². The van der Waals surface area contributed by atoms with Gasteiger partial charge in [0.25, 0.3) is 0 Å². The summed E-state index contributed by atoms with van der Waals surface area (Å²) in [6.07, 6.45) is 4.86. The Bertz CT molecular complexity index is 513. The van der Waals surface area contributed by atoms with Gasteiger partial charge in [0.15, 0.2) is 0 Å². The van der Waals surface area contributed by atoms with E-state index in [-0.39, 0.29) is 0 Å². The minimum absolute atomic E-state index is 0.422. The number of nitrogens with one attached hydrogen (secondary N) is 1. The van der Waals surface area contributed by atoms with Crippen molar-refractivity contribution < 1.29 is 0 Å². The quantitative estimate of drug-likeness (QED) is 0.826. The summed E-state index contributed by atoms with van der Waals surface area (Å²) in [7, 11) is 0. The molecule has 0 amide bonds. The molecule has 1 heterocycles. The van der Waals surface area contributed by atoms with Crippen LogP contribution in [0.3, 0.4) is 0 Å². The van der Waals surface area contributed by atoms with Gasteiger partial charge in [0.05, 0.1) is 28.3 Å². The molecule has 0 unspecified atom stereocenters. The van der Waals surface area contributed by atoms with E-state index in [4.69, 9.17) is 5.73 Å². The minimum atomic E-state index is -0.422. The first-order chi connectivity index (χ1) is 9.19. The van der Waals surface area contributed by atoms with Gasteiger partial charge in [-0.2, -0.15) is 10.5 Å². The number of rotatable bonds is 3. The Hall–Kier alpha value is -1.59. The first-order valence-corrected chi connectivity index (χ1v) is 7.63. The first kappa shape index (κ1) is 13.8. The van der Waals surface area contributed by atoms with Crippen molar-refractivity contribution in [2.45, 2.75) is 39.0 Å². The van der Waals surface area contributed by atoms with Crippen molar-refractivity contribution >= 4 is 11.8 Å². The molecule has 0 aromatic rings. The number of nitrogens with zero attached hydrogens (tertiary/aromatic N) is 2. The van der Waals surface area contributed by atoms with Gasteiger partial charge in [0.1, 0.15) is 5.82 Å². The molecule has 1 aliphatic heterocycles. The van der Waals surface area contributed by atoms with Crippen molar-refractivity contribution in [1.82, 2.24) is 5.32 Å². The lowest BCUT2D eigenvalue weighted by Crippen LogP contribution is -2.36. The Morgan fingerprint density at radius 1 is 1.26 bits per heavy atom. The van der Waals surface area contributed by atoms with Crippen LogP contribution >= 0.6 is 11.8 Å². The molecule has 5 heteroatoms. The number of nitrogens with two attached hydrogens (primary N) is 1. The van der Waals surface area contributed by atoms with Crippen molar-refractivity contribution in [3.05, 3.63) is 22.0 Å². The third-order valence-electron chi connectivity index (χ3n) is 3.83. The Labute approximate surface area is 118 Å². The van der Waals surface area contributed by atoms with E-state index in [2.05, 4.69) is 24.4 Å². The number of hydrogen-bond donors (Lipinski definition) is 2. The van der Waals surface area contributed by atoms with Crippen LogP contribution in [0.4, 0.5) is 0 Å². The molecule has 0 bridgehead atoms. The van der Waals surface area contributed by atoms with Crippen LogP contribution in [0.25, 0.3) is 0 Å². The monoisotopic (exact) mass is 274 g/mol. The highest BCUT2D eigenvalue weighted by atomic mass is 32.2. The summed E-state index contributed by atoms with van der Waals surface area (Å²) in [6, 6.07) is 4.56. The van der Waals surface area contributed by atoms with Crippen LogP contribution in [-0.4, -0.2) is 5.75 Å². The van der Waals surface area contributed by atoms with Gasteiger partial charge in [0.2, 0.25) is 0 Å². The standard InChI is InChI=1S/C14H18N4S/c1-2-7-19-13-11(9-16)14(5-3-4-6-14)10(8-15)12(17)18-13/h18H,2-7,17H2,1H3. The SMILES string of the molecule is CCCSC1=C(C#N)C2(CCCC2)C(C#N)=C(N)N1. The summed E-state index contributed by atoms with van der Waals surface area (Å²) >= 11 is 1.63. The summed E-state index contributed by atoms with van der Waals surface area (Å²) < 4.78 is 0. The molecule has 0 aromatic heterocycles. The van der Waals surface area contributed by atoms with E-state index in [0.29, 0.717) is 17.0 Å². The van der Waals surface area contributed by atoms with Gasteiger partial charge >= 0.3 is 0 Å². The Kier molecular flexibility index (Phi) is 4.07. The van der Waals surface area contributed by atoms with Crippen LogP contribution in [-0.2, 0) is 0 Å². The molecule has 0 radical (unpaired) electrons. The van der Waals surface area contributed by atoms with E-state index < -0.39 is 5.41 Å². The molecule has 2 rings (SSSR count). The molecule has 0 aromatic carbocycles. The maximum absolute atomic E-state index is 9.55. The molecule has 0 atom stereocenters. The summed E-state index contributed by atoms with van der Waals surface area (Å²) in [6.45, 7) is 2.10. The maximum Gasteiger partial charge on any atom is 0.116 e. The predicted molar refractivity (Wildman–Crippen MR) is 76.3 cm³/mol. The number of hydrogen-bond acceptors (Lipinski definition) is 5. The fourth-order valence-corrected chi connectivity index (χ4v) is 3.94. The average molecular weight is 274 g/mol. The summed E-state index contributed by atoms with van der Waals surface area (Å²) in [5, 5.41) is 22.9. The smallest absolute Gasteiger partial charge is 0.116 e. The van der Waals surface area contributed by atoms with Crippen LogP contribution in [0.5, 0.6) is 0 Å². The molecular formula is C14H18N4S. The molecular weight excluding hydrogens is 256 g/mol. The fraction of sp³-hybridized carbons (Fsp3) is 0.571. The highest BCUT2D eigenvalue weighted by Gasteiger charge is 2.46. The molecule has 0 saturated heterocycles. The summed E-state index contributed by atoms with van der Waals surface area (Å²) in [5.41, 5.74) is 6.87. The second-order valence-corrected chi connectivity index (χ2v) is 6.08. The van der Waals surface area contributed by atoms with E-state index in [1.165, 1.54) is 0 Å². The van der Waals surface area contributed by atoms with Crippen molar-refractivity contribution in [3.8, 4) is 12.1 Å². The van der Waals surface area contributed by atoms with Crippen LogP contribution in [0.1, 0.15) is 39.0 Å². The number of thioether (sulfide) groups is 1. The number of dihydropyridines is 1. The average Bonchev–Trinajstić information content (AvgIpc) is 2.86.